The quantitative estimate of drug-likeness (QED) is 0.355. The maximum Gasteiger partial charge on any atom is 0.216 e. The molecular weight excluding hydrogens is 384 g/mol. The molecule has 0 spiro atoms. The zero-order chi connectivity index (χ0) is 20.3. The zero-order valence-corrected chi connectivity index (χ0v) is 16.3. The molecule has 1 aliphatic rings. The molecule has 0 saturated carbocycles. The molecule has 2 unspecified atom stereocenters. The van der Waals surface area contributed by atoms with Gasteiger partial charge in [0.1, 0.15) is 22.5 Å². The summed E-state index contributed by atoms with van der Waals surface area (Å²) < 4.78 is 5.92. The maximum atomic E-state index is 12.6. The van der Waals surface area contributed by atoms with Gasteiger partial charge in [0.25, 0.3) is 0 Å². The molecule has 1 aromatic carbocycles. The number of benzene rings is 1. The Kier molecular flexibility index (Phi) is 6.48. The van der Waals surface area contributed by atoms with Crippen molar-refractivity contribution in [3.63, 3.8) is 0 Å². The van der Waals surface area contributed by atoms with Crippen LogP contribution >= 0.6 is 11.8 Å². The summed E-state index contributed by atoms with van der Waals surface area (Å²) in [6.07, 6.45) is 0.655. The molecule has 5 N–H and O–H groups in total. The van der Waals surface area contributed by atoms with Crippen molar-refractivity contribution in [1.82, 2.24) is 10.6 Å². The van der Waals surface area contributed by atoms with Crippen molar-refractivity contribution >= 4 is 28.6 Å². The van der Waals surface area contributed by atoms with E-state index >= 15 is 0 Å². The number of hydrogen-bond donors (Lipinski definition) is 5. The Morgan fingerprint density at radius 3 is 2.86 bits per heavy atom. The standard InChI is InChI=1S/C19H24N2O6S/c1-10(23)21-4-5-28-16-7-15(26)18-14(25)6-13(24)17(19(18)27-16)12-2-3-20-8-11(12)9-22/h6-7,11-12,20,22,24-25H,2-5,8-9H2,1H3,(H,21,23). The number of aromatic hydroxyl groups is 2. The van der Waals surface area contributed by atoms with Crippen molar-refractivity contribution < 1.29 is 24.5 Å². The number of phenols is 2. The summed E-state index contributed by atoms with van der Waals surface area (Å²) in [7, 11) is 0. The third kappa shape index (κ3) is 4.26. The molecule has 0 radical (unpaired) electrons. The number of carbonyl (C=O) groups excluding carboxylic acids is 1. The predicted molar refractivity (Wildman–Crippen MR) is 106 cm³/mol. The minimum absolute atomic E-state index is 0.0224. The lowest BCUT2D eigenvalue weighted by Crippen LogP contribution is -2.37. The van der Waals surface area contributed by atoms with Crippen LogP contribution in [0.5, 0.6) is 11.5 Å². The van der Waals surface area contributed by atoms with Gasteiger partial charge in [0.05, 0.1) is 0 Å². The maximum absolute atomic E-state index is 12.6. The number of aliphatic hydroxyl groups excluding tert-OH is 1. The molecule has 28 heavy (non-hydrogen) atoms. The van der Waals surface area contributed by atoms with Crippen molar-refractivity contribution in [2.45, 2.75) is 24.4 Å². The van der Waals surface area contributed by atoms with Crippen molar-refractivity contribution in [2.75, 3.05) is 32.0 Å². The highest BCUT2D eigenvalue weighted by atomic mass is 32.2. The van der Waals surface area contributed by atoms with Crippen LogP contribution in [-0.2, 0) is 4.79 Å². The summed E-state index contributed by atoms with van der Waals surface area (Å²) in [5, 5.41) is 36.7. The largest absolute Gasteiger partial charge is 0.507 e. The molecule has 2 heterocycles. The van der Waals surface area contributed by atoms with E-state index in [0.29, 0.717) is 42.5 Å². The van der Waals surface area contributed by atoms with Crippen molar-refractivity contribution in [1.29, 1.82) is 0 Å². The first kappa shape index (κ1) is 20.5. The fourth-order valence-electron chi connectivity index (χ4n) is 3.60. The summed E-state index contributed by atoms with van der Waals surface area (Å²) in [5.74, 6) is -0.487. The Morgan fingerprint density at radius 1 is 1.36 bits per heavy atom. The van der Waals surface area contributed by atoms with Gasteiger partial charge in [0.15, 0.2) is 10.5 Å². The topological polar surface area (TPSA) is 132 Å². The van der Waals surface area contributed by atoms with Gasteiger partial charge in [-0.25, -0.2) is 0 Å². The van der Waals surface area contributed by atoms with Crippen LogP contribution in [0.3, 0.4) is 0 Å². The summed E-state index contributed by atoms with van der Waals surface area (Å²) in [4.78, 5) is 23.6. The molecule has 1 saturated heterocycles. The zero-order valence-electron chi connectivity index (χ0n) is 15.5. The highest BCUT2D eigenvalue weighted by Gasteiger charge is 2.31. The number of phenolic OH excluding ortho intramolecular Hbond substituents is 2. The van der Waals surface area contributed by atoms with Crippen LogP contribution in [-0.4, -0.2) is 53.2 Å². The molecule has 152 valence electrons. The van der Waals surface area contributed by atoms with Crippen molar-refractivity contribution in [3.8, 4) is 11.5 Å². The minimum atomic E-state index is -0.406. The number of fused-ring (bicyclic) bond motifs is 1. The van der Waals surface area contributed by atoms with Gasteiger partial charge in [0, 0.05) is 56.0 Å². The lowest BCUT2D eigenvalue weighted by Gasteiger charge is -2.31. The molecule has 1 aromatic heterocycles. The van der Waals surface area contributed by atoms with Crippen molar-refractivity contribution in [2.24, 2.45) is 5.92 Å². The summed E-state index contributed by atoms with van der Waals surface area (Å²) in [6.45, 7) is 3.06. The normalized spacial score (nSPS) is 19.6. The van der Waals surface area contributed by atoms with E-state index in [1.54, 1.807) is 0 Å². The number of piperidine rings is 1. The number of carbonyl (C=O) groups is 1. The van der Waals surface area contributed by atoms with E-state index in [4.69, 9.17) is 4.42 Å². The molecule has 1 aliphatic heterocycles. The fraction of sp³-hybridized carbons (Fsp3) is 0.474. The van der Waals surface area contributed by atoms with Crippen LogP contribution in [0, 0.1) is 5.92 Å². The second-order valence-electron chi connectivity index (χ2n) is 6.84. The second-order valence-corrected chi connectivity index (χ2v) is 7.93. The molecule has 1 amide bonds. The molecule has 3 rings (SSSR count). The second kappa shape index (κ2) is 8.85. The van der Waals surface area contributed by atoms with Crippen LogP contribution in [0.4, 0.5) is 0 Å². The highest BCUT2D eigenvalue weighted by Crippen LogP contribution is 2.43. The van der Waals surface area contributed by atoms with Gasteiger partial charge in [-0.1, -0.05) is 11.8 Å². The molecule has 0 bridgehead atoms. The predicted octanol–water partition coefficient (Wildman–Crippen LogP) is 1.12. The number of hydrogen-bond acceptors (Lipinski definition) is 8. The van der Waals surface area contributed by atoms with E-state index < -0.39 is 5.43 Å². The molecule has 8 nitrogen and oxygen atoms in total. The lowest BCUT2D eigenvalue weighted by molar-refractivity contribution is -0.118. The van der Waals surface area contributed by atoms with E-state index in [-0.39, 0.29) is 46.8 Å². The van der Waals surface area contributed by atoms with Crippen LogP contribution in [0.25, 0.3) is 11.0 Å². The molecule has 0 aliphatic carbocycles. The van der Waals surface area contributed by atoms with E-state index in [2.05, 4.69) is 10.6 Å². The van der Waals surface area contributed by atoms with E-state index in [1.807, 2.05) is 0 Å². The average molecular weight is 408 g/mol. The number of thioether (sulfide) groups is 1. The van der Waals surface area contributed by atoms with Gasteiger partial charge >= 0.3 is 0 Å². The van der Waals surface area contributed by atoms with Gasteiger partial charge < -0.3 is 30.4 Å². The van der Waals surface area contributed by atoms with Crippen LogP contribution in [0.15, 0.2) is 26.4 Å². The van der Waals surface area contributed by atoms with Gasteiger partial charge in [-0.3, -0.25) is 9.59 Å². The van der Waals surface area contributed by atoms with Crippen molar-refractivity contribution in [3.05, 3.63) is 27.9 Å². The molecular formula is C19H24N2O6S. The number of rotatable bonds is 6. The smallest absolute Gasteiger partial charge is 0.216 e. The lowest BCUT2D eigenvalue weighted by atomic mass is 9.80. The number of nitrogens with one attached hydrogen (secondary N) is 2. The first-order chi connectivity index (χ1) is 13.4. The van der Waals surface area contributed by atoms with Crippen LogP contribution < -0.4 is 16.1 Å². The highest BCUT2D eigenvalue weighted by molar-refractivity contribution is 7.99. The molecule has 2 aromatic rings. The Hall–Kier alpha value is -2.23. The Morgan fingerprint density at radius 2 is 2.14 bits per heavy atom. The molecule has 2 atom stereocenters. The van der Waals surface area contributed by atoms with E-state index in [1.165, 1.54) is 24.8 Å². The van der Waals surface area contributed by atoms with E-state index in [0.717, 1.165) is 6.07 Å². The minimum Gasteiger partial charge on any atom is -0.507 e. The number of amides is 1. The van der Waals surface area contributed by atoms with Crippen LogP contribution in [0.1, 0.15) is 24.8 Å². The first-order valence-electron chi connectivity index (χ1n) is 9.13. The van der Waals surface area contributed by atoms with Crippen LogP contribution in [0.2, 0.25) is 0 Å². The molecule has 9 heteroatoms. The van der Waals surface area contributed by atoms with Gasteiger partial charge in [-0.2, -0.15) is 0 Å². The Bertz CT molecular complexity index is 929. The third-order valence-electron chi connectivity index (χ3n) is 4.91. The van der Waals surface area contributed by atoms with E-state index in [9.17, 15) is 24.9 Å². The van der Waals surface area contributed by atoms with Gasteiger partial charge in [-0.05, 0) is 18.9 Å². The number of aliphatic hydroxyl groups is 1. The third-order valence-corrected chi connectivity index (χ3v) is 5.80. The Balaban J connectivity index is 2.04. The van der Waals surface area contributed by atoms with Gasteiger partial charge in [0.2, 0.25) is 5.91 Å². The average Bonchev–Trinajstić information content (AvgIpc) is 2.65. The fourth-order valence-corrected chi connectivity index (χ4v) is 4.34. The summed E-state index contributed by atoms with van der Waals surface area (Å²) >= 11 is 1.26. The van der Waals surface area contributed by atoms with Gasteiger partial charge in [-0.15, -0.1) is 0 Å². The SMILES string of the molecule is CC(=O)NCCSc1cc(=O)c2c(O)cc(O)c(C3CCNCC3CO)c2o1. The monoisotopic (exact) mass is 408 g/mol. The molecule has 1 fully saturated rings. The first-order valence-corrected chi connectivity index (χ1v) is 10.1. The summed E-state index contributed by atoms with van der Waals surface area (Å²) in [6, 6.07) is 2.46. The Labute approximate surface area is 165 Å². The summed E-state index contributed by atoms with van der Waals surface area (Å²) in [5.41, 5.74) is 0.184.